The SMILES string of the molecule is Cc1cc(NCCCCCO)nn1-c1ccccc1Cl. The molecule has 1 aromatic carbocycles. The zero-order valence-electron chi connectivity index (χ0n) is 11.6. The predicted octanol–water partition coefficient (Wildman–Crippen LogP) is 3.41. The maximum absolute atomic E-state index is 8.73. The predicted molar refractivity (Wildman–Crippen MR) is 82.7 cm³/mol. The molecule has 2 aromatic rings. The molecule has 0 fully saturated rings. The highest BCUT2D eigenvalue weighted by Crippen LogP contribution is 2.22. The molecule has 5 heteroatoms. The van der Waals surface area contributed by atoms with Crippen molar-refractivity contribution in [3.8, 4) is 5.69 Å². The van der Waals surface area contributed by atoms with Crippen LogP contribution in [0.1, 0.15) is 25.0 Å². The summed E-state index contributed by atoms with van der Waals surface area (Å²) in [7, 11) is 0. The monoisotopic (exact) mass is 293 g/mol. The van der Waals surface area contributed by atoms with Crippen LogP contribution in [0.3, 0.4) is 0 Å². The van der Waals surface area contributed by atoms with Crippen LogP contribution in [0.4, 0.5) is 5.82 Å². The number of aromatic nitrogens is 2. The molecule has 0 saturated carbocycles. The summed E-state index contributed by atoms with van der Waals surface area (Å²) in [4.78, 5) is 0. The Bertz CT molecular complexity index is 554. The molecule has 20 heavy (non-hydrogen) atoms. The van der Waals surface area contributed by atoms with E-state index < -0.39 is 0 Å². The van der Waals surface area contributed by atoms with E-state index in [1.54, 1.807) is 0 Å². The van der Waals surface area contributed by atoms with Crippen molar-refractivity contribution in [3.63, 3.8) is 0 Å². The number of hydrogen-bond acceptors (Lipinski definition) is 3. The summed E-state index contributed by atoms with van der Waals surface area (Å²) >= 11 is 6.20. The third-order valence-electron chi connectivity index (χ3n) is 3.11. The average molecular weight is 294 g/mol. The van der Waals surface area contributed by atoms with Crippen LogP contribution >= 0.6 is 11.6 Å². The van der Waals surface area contributed by atoms with Crippen LogP contribution < -0.4 is 5.32 Å². The highest BCUT2D eigenvalue weighted by Gasteiger charge is 2.08. The fraction of sp³-hybridized carbons (Fsp3) is 0.400. The maximum Gasteiger partial charge on any atom is 0.148 e. The maximum atomic E-state index is 8.73. The van der Waals surface area contributed by atoms with Crippen LogP contribution in [0.15, 0.2) is 30.3 Å². The molecule has 0 aliphatic rings. The summed E-state index contributed by atoms with van der Waals surface area (Å²) in [6.07, 6.45) is 2.90. The molecule has 2 N–H and O–H groups in total. The van der Waals surface area contributed by atoms with Gasteiger partial charge in [-0.15, -0.1) is 0 Å². The Labute approximate surface area is 124 Å². The second-order valence-electron chi connectivity index (χ2n) is 4.75. The van der Waals surface area contributed by atoms with Crippen LogP contribution in [0.2, 0.25) is 5.02 Å². The molecule has 0 amide bonds. The summed E-state index contributed by atoms with van der Waals surface area (Å²) < 4.78 is 1.85. The van der Waals surface area contributed by atoms with Crippen molar-refractivity contribution in [2.75, 3.05) is 18.5 Å². The van der Waals surface area contributed by atoms with Crippen molar-refractivity contribution in [2.45, 2.75) is 26.2 Å². The molecule has 0 atom stereocenters. The zero-order valence-corrected chi connectivity index (χ0v) is 12.4. The van der Waals surface area contributed by atoms with E-state index in [1.807, 2.05) is 41.9 Å². The van der Waals surface area contributed by atoms with Gasteiger partial charge in [-0.25, -0.2) is 4.68 Å². The quantitative estimate of drug-likeness (QED) is 0.769. The topological polar surface area (TPSA) is 50.1 Å². The van der Waals surface area contributed by atoms with Crippen LogP contribution in [0.25, 0.3) is 5.69 Å². The Hall–Kier alpha value is -1.52. The first-order chi connectivity index (χ1) is 9.72. The lowest BCUT2D eigenvalue weighted by molar-refractivity contribution is 0.283. The molecular formula is C15H20ClN3O. The average Bonchev–Trinajstić information content (AvgIpc) is 2.80. The molecule has 0 saturated heterocycles. The molecule has 0 bridgehead atoms. The van der Waals surface area contributed by atoms with Crippen LogP contribution in [0, 0.1) is 6.92 Å². The fourth-order valence-corrected chi connectivity index (χ4v) is 2.27. The molecule has 0 unspecified atom stereocenters. The van der Waals surface area contributed by atoms with Gasteiger partial charge in [0.05, 0.1) is 10.7 Å². The number of aliphatic hydroxyl groups excluding tert-OH is 1. The van der Waals surface area contributed by atoms with Crippen molar-refractivity contribution >= 4 is 17.4 Å². The smallest absolute Gasteiger partial charge is 0.148 e. The molecule has 1 aromatic heterocycles. The summed E-state index contributed by atoms with van der Waals surface area (Å²) in [5, 5.41) is 17.2. The van der Waals surface area contributed by atoms with Crippen LogP contribution in [0.5, 0.6) is 0 Å². The third kappa shape index (κ3) is 3.74. The third-order valence-corrected chi connectivity index (χ3v) is 3.43. The van der Waals surface area contributed by atoms with Gasteiger partial charge < -0.3 is 10.4 Å². The van der Waals surface area contributed by atoms with Crippen molar-refractivity contribution in [2.24, 2.45) is 0 Å². The first-order valence-corrected chi connectivity index (χ1v) is 7.26. The number of rotatable bonds is 7. The number of hydrogen-bond donors (Lipinski definition) is 2. The van der Waals surface area contributed by atoms with Gasteiger partial charge in [0, 0.05) is 24.9 Å². The number of nitrogens with one attached hydrogen (secondary N) is 1. The standard InChI is InChI=1S/C15H20ClN3O/c1-12-11-15(17-9-5-2-6-10-20)18-19(12)14-8-4-3-7-13(14)16/h3-4,7-8,11,20H,2,5-6,9-10H2,1H3,(H,17,18). The van der Waals surface area contributed by atoms with Gasteiger partial charge in [0.25, 0.3) is 0 Å². The van der Waals surface area contributed by atoms with Crippen molar-refractivity contribution in [3.05, 3.63) is 41.0 Å². The second-order valence-corrected chi connectivity index (χ2v) is 5.15. The summed E-state index contributed by atoms with van der Waals surface area (Å²) in [6.45, 7) is 3.13. The van der Waals surface area contributed by atoms with Crippen molar-refractivity contribution in [1.82, 2.24) is 9.78 Å². The lowest BCUT2D eigenvalue weighted by atomic mass is 10.2. The Kier molecular flexibility index (Phi) is 5.44. The Morgan fingerprint density at radius 1 is 1.25 bits per heavy atom. The number of aliphatic hydroxyl groups is 1. The Morgan fingerprint density at radius 3 is 2.80 bits per heavy atom. The minimum absolute atomic E-state index is 0.264. The molecule has 0 aliphatic carbocycles. The number of anilines is 1. The summed E-state index contributed by atoms with van der Waals surface area (Å²) in [6, 6.07) is 9.68. The highest BCUT2D eigenvalue weighted by atomic mass is 35.5. The van der Waals surface area contributed by atoms with E-state index in [4.69, 9.17) is 16.7 Å². The molecule has 0 spiro atoms. The van der Waals surface area contributed by atoms with Gasteiger partial charge in [-0.1, -0.05) is 23.7 Å². The lowest BCUT2D eigenvalue weighted by Gasteiger charge is -2.06. The molecule has 0 radical (unpaired) electrons. The van der Waals surface area contributed by atoms with E-state index in [-0.39, 0.29) is 6.61 Å². The summed E-state index contributed by atoms with van der Waals surface area (Å²) in [5.41, 5.74) is 1.93. The van der Waals surface area contributed by atoms with Gasteiger partial charge in [0.15, 0.2) is 0 Å². The first kappa shape index (κ1) is 14.9. The molecule has 2 rings (SSSR count). The number of halogens is 1. The normalized spacial score (nSPS) is 10.8. The van der Waals surface area contributed by atoms with Gasteiger partial charge in [-0.2, -0.15) is 5.10 Å². The fourth-order valence-electron chi connectivity index (χ4n) is 2.06. The van der Waals surface area contributed by atoms with Gasteiger partial charge >= 0.3 is 0 Å². The van der Waals surface area contributed by atoms with Gasteiger partial charge in [0.2, 0.25) is 0 Å². The zero-order chi connectivity index (χ0) is 14.4. The minimum Gasteiger partial charge on any atom is -0.396 e. The number of nitrogens with zero attached hydrogens (tertiary/aromatic N) is 2. The Balaban J connectivity index is 2.01. The molecule has 108 valence electrons. The van der Waals surface area contributed by atoms with E-state index in [9.17, 15) is 0 Å². The Morgan fingerprint density at radius 2 is 2.05 bits per heavy atom. The molecular weight excluding hydrogens is 274 g/mol. The van der Waals surface area contributed by atoms with E-state index in [1.165, 1.54) is 0 Å². The number of benzene rings is 1. The van der Waals surface area contributed by atoms with E-state index >= 15 is 0 Å². The van der Waals surface area contributed by atoms with E-state index in [0.717, 1.165) is 43.0 Å². The number of aryl methyl sites for hydroxylation is 1. The van der Waals surface area contributed by atoms with Gasteiger partial charge in [-0.05, 0) is 38.3 Å². The molecule has 0 aliphatic heterocycles. The van der Waals surface area contributed by atoms with E-state index in [2.05, 4.69) is 10.4 Å². The number of unbranched alkanes of at least 4 members (excludes halogenated alkanes) is 2. The first-order valence-electron chi connectivity index (χ1n) is 6.88. The van der Waals surface area contributed by atoms with Crippen molar-refractivity contribution < 1.29 is 5.11 Å². The van der Waals surface area contributed by atoms with Crippen LogP contribution in [-0.4, -0.2) is 28.0 Å². The largest absolute Gasteiger partial charge is 0.396 e. The molecule has 1 heterocycles. The summed E-state index contributed by atoms with van der Waals surface area (Å²) in [5.74, 6) is 0.853. The lowest BCUT2D eigenvalue weighted by Crippen LogP contribution is -2.04. The highest BCUT2D eigenvalue weighted by molar-refractivity contribution is 6.32. The minimum atomic E-state index is 0.264. The molecule has 4 nitrogen and oxygen atoms in total. The number of para-hydroxylation sites is 1. The van der Waals surface area contributed by atoms with E-state index in [0.29, 0.717) is 5.02 Å². The second kappa shape index (κ2) is 7.31. The van der Waals surface area contributed by atoms with Crippen LogP contribution in [-0.2, 0) is 0 Å². The van der Waals surface area contributed by atoms with Gasteiger partial charge in [0.1, 0.15) is 5.82 Å². The van der Waals surface area contributed by atoms with Gasteiger partial charge in [-0.3, -0.25) is 0 Å². The van der Waals surface area contributed by atoms with Crippen molar-refractivity contribution in [1.29, 1.82) is 0 Å².